The Hall–Kier alpha value is -1.76. The Bertz CT molecular complexity index is 481. The second-order valence-corrected chi connectivity index (χ2v) is 5.08. The summed E-state index contributed by atoms with van der Waals surface area (Å²) in [4.78, 5) is 13.2. The van der Waals surface area contributed by atoms with Gasteiger partial charge in [-0.25, -0.2) is 0 Å². The van der Waals surface area contributed by atoms with Gasteiger partial charge in [0.25, 0.3) is 0 Å². The van der Waals surface area contributed by atoms with Crippen molar-refractivity contribution in [1.29, 1.82) is 0 Å². The second-order valence-electron chi connectivity index (χ2n) is 5.08. The van der Waals surface area contributed by atoms with Gasteiger partial charge in [0.15, 0.2) is 0 Å². The molecule has 4 nitrogen and oxygen atoms in total. The van der Waals surface area contributed by atoms with Crippen LogP contribution in [0.25, 0.3) is 0 Å². The fourth-order valence-electron chi connectivity index (χ4n) is 1.68. The number of halogens is 3. The van der Waals surface area contributed by atoms with Gasteiger partial charge >= 0.3 is 6.36 Å². The summed E-state index contributed by atoms with van der Waals surface area (Å²) in [6.45, 7) is 3.28. The minimum atomic E-state index is -4.74. The molecule has 7 heteroatoms. The van der Waals surface area contributed by atoms with Gasteiger partial charge < -0.3 is 15.4 Å². The number of benzene rings is 1. The minimum absolute atomic E-state index is 0.147. The lowest BCUT2D eigenvalue weighted by Gasteiger charge is -2.26. The van der Waals surface area contributed by atoms with Crippen LogP contribution in [0.1, 0.15) is 19.4 Å². The first-order valence-electron chi connectivity index (χ1n) is 5.88. The number of nitrogens with zero attached hydrogens (tertiary/aromatic N) is 1. The first-order chi connectivity index (χ1) is 8.99. The summed E-state index contributed by atoms with van der Waals surface area (Å²) in [6, 6.07) is 5.48. The molecule has 1 rings (SSSR count). The van der Waals surface area contributed by atoms with Gasteiger partial charge in [0.05, 0.1) is 5.54 Å². The summed E-state index contributed by atoms with van der Waals surface area (Å²) in [5.74, 6) is -0.623. The number of likely N-dealkylation sites (N-methyl/N-ethyl adjacent to an activating group) is 1. The van der Waals surface area contributed by atoms with E-state index in [1.54, 1.807) is 19.9 Å². The van der Waals surface area contributed by atoms with Gasteiger partial charge in [0, 0.05) is 13.6 Å². The summed E-state index contributed by atoms with van der Waals surface area (Å²) in [5.41, 5.74) is 5.17. The molecule has 1 aromatic rings. The summed E-state index contributed by atoms with van der Waals surface area (Å²) in [5, 5.41) is 0. The lowest BCUT2D eigenvalue weighted by molar-refractivity contribution is -0.274. The molecule has 0 unspecified atom stereocenters. The molecule has 0 radical (unpaired) electrons. The molecule has 0 aromatic heterocycles. The van der Waals surface area contributed by atoms with Crippen molar-refractivity contribution in [3.05, 3.63) is 29.8 Å². The largest absolute Gasteiger partial charge is 0.573 e. The highest BCUT2D eigenvalue weighted by Crippen LogP contribution is 2.23. The molecule has 0 spiro atoms. The molecule has 0 atom stereocenters. The van der Waals surface area contributed by atoms with Gasteiger partial charge in [0.2, 0.25) is 5.91 Å². The van der Waals surface area contributed by atoms with Gasteiger partial charge in [-0.15, -0.1) is 13.2 Å². The van der Waals surface area contributed by atoms with Gasteiger partial charge in [0.1, 0.15) is 5.75 Å². The predicted molar refractivity (Wildman–Crippen MR) is 67.9 cm³/mol. The SMILES string of the molecule is CN(Cc1cccc(OC(F)(F)F)c1)C(=O)C(C)(C)N. The van der Waals surface area contributed by atoms with E-state index in [2.05, 4.69) is 4.74 Å². The van der Waals surface area contributed by atoms with E-state index in [1.165, 1.54) is 30.1 Å². The lowest BCUT2D eigenvalue weighted by atomic mass is 10.1. The van der Waals surface area contributed by atoms with Crippen LogP contribution < -0.4 is 10.5 Å². The number of ether oxygens (including phenoxy) is 1. The highest BCUT2D eigenvalue weighted by molar-refractivity contribution is 5.84. The molecule has 0 fully saturated rings. The van der Waals surface area contributed by atoms with Crippen LogP contribution in [0.5, 0.6) is 5.75 Å². The normalized spacial score (nSPS) is 12.2. The lowest BCUT2D eigenvalue weighted by Crippen LogP contribution is -2.49. The molecule has 112 valence electrons. The monoisotopic (exact) mass is 290 g/mol. The maximum absolute atomic E-state index is 12.1. The quantitative estimate of drug-likeness (QED) is 0.925. The van der Waals surface area contributed by atoms with E-state index < -0.39 is 11.9 Å². The molecule has 0 aliphatic carbocycles. The van der Waals surface area contributed by atoms with Crippen molar-refractivity contribution in [2.75, 3.05) is 7.05 Å². The van der Waals surface area contributed by atoms with E-state index in [0.717, 1.165) is 0 Å². The number of carbonyl (C=O) groups excluding carboxylic acids is 1. The van der Waals surface area contributed by atoms with Crippen LogP contribution in [0, 0.1) is 0 Å². The second kappa shape index (κ2) is 5.70. The number of hydrogen-bond donors (Lipinski definition) is 1. The fourth-order valence-corrected chi connectivity index (χ4v) is 1.68. The number of amides is 1. The van der Waals surface area contributed by atoms with Crippen LogP contribution in [0.3, 0.4) is 0 Å². The molecule has 0 bridgehead atoms. The van der Waals surface area contributed by atoms with E-state index in [4.69, 9.17) is 5.73 Å². The topological polar surface area (TPSA) is 55.6 Å². The molecule has 0 aliphatic heterocycles. The third-order valence-electron chi connectivity index (χ3n) is 2.45. The molecule has 0 aliphatic rings. The summed E-state index contributed by atoms with van der Waals surface area (Å²) < 4.78 is 40.2. The van der Waals surface area contributed by atoms with E-state index in [1.807, 2.05) is 0 Å². The summed E-state index contributed by atoms with van der Waals surface area (Å²) in [6.07, 6.45) is -4.74. The minimum Gasteiger partial charge on any atom is -0.406 e. The van der Waals surface area contributed by atoms with Gasteiger partial charge in [-0.05, 0) is 31.5 Å². The van der Waals surface area contributed by atoms with Gasteiger partial charge in [-0.1, -0.05) is 12.1 Å². The molecule has 20 heavy (non-hydrogen) atoms. The molecule has 1 aromatic carbocycles. The first kappa shape index (κ1) is 16.3. The van der Waals surface area contributed by atoms with Crippen molar-refractivity contribution >= 4 is 5.91 Å². The van der Waals surface area contributed by atoms with Crippen molar-refractivity contribution in [2.45, 2.75) is 32.3 Å². The van der Waals surface area contributed by atoms with Crippen molar-refractivity contribution < 1.29 is 22.7 Å². The van der Waals surface area contributed by atoms with Crippen LogP contribution in [-0.4, -0.2) is 29.8 Å². The zero-order chi connectivity index (χ0) is 15.6. The van der Waals surface area contributed by atoms with Crippen LogP contribution in [-0.2, 0) is 11.3 Å². The van der Waals surface area contributed by atoms with Crippen LogP contribution in [0.4, 0.5) is 13.2 Å². The fraction of sp³-hybridized carbons (Fsp3) is 0.462. The average Bonchev–Trinajstić information content (AvgIpc) is 2.24. The standard InChI is InChI=1S/C13H17F3N2O2/c1-12(2,17)11(19)18(3)8-9-5-4-6-10(7-9)20-13(14,15)16/h4-7H,8,17H2,1-3H3. The van der Waals surface area contributed by atoms with E-state index in [0.29, 0.717) is 5.56 Å². The Kier molecular flexibility index (Phi) is 4.65. The number of alkyl halides is 3. The molecular weight excluding hydrogens is 273 g/mol. The number of carbonyl (C=O) groups is 1. The summed E-state index contributed by atoms with van der Waals surface area (Å²) >= 11 is 0. The predicted octanol–water partition coefficient (Wildman–Crippen LogP) is 2.28. The maximum atomic E-state index is 12.1. The van der Waals surface area contributed by atoms with Crippen molar-refractivity contribution in [3.63, 3.8) is 0 Å². The highest BCUT2D eigenvalue weighted by Gasteiger charge is 2.31. The summed E-state index contributed by atoms with van der Waals surface area (Å²) in [7, 11) is 1.54. The Morgan fingerprint density at radius 3 is 2.45 bits per heavy atom. The van der Waals surface area contributed by atoms with Crippen molar-refractivity contribution in [2.24, 2.45) is 5.73 Å². The number of hydrogen-bond acceptors (Lipinski definition) is 3. The van der Waals surface area contributed by atoms with E-state index >= 15 is 0 Å². The highest BCUT2D eigenvalue weighted by atomic mass is 19.4. The third kappa shape index (κ3) is 5.08. The molecule has 2 N–H and O–H groups in total. The maximum Gasteiger partial charge on any atom is 0.573 e. The van der Waals surface area contributed by atoms with E-state index in [9.17, 15) is 18.0 Å². The zero-order valence-electron chi connectivity index (χ0n) is 11.5. The smallest absolute Gasteiger partial charge is 0.406 e. The average molecular weight is 290 g/mol. The van der Waals surface area contributed by atoms with Crippen LogP contribution in [0.15, 0.2) is 24.3 Å². The Morgan fingerprint density at radius 2 is 1.95 bits per heavy atom. The van der Waals surface area contributed by atoms with Crippen molar-refractivity contribution in [1.82, 2.24) is 4.90 Å². The zero-order valence-corrected chi connectivity index (χ0v) is 11.5. The van der Waals surface area contributed by atoms with Crippen molar-refractivity contribution in [3.8, 4) is 5.75 Å². The Balaban J connectivity index is 2.79. The third-order valence-corrected chi connectivity index (χ3v) is 2.45. The Labute approximate surface area is 115 Å². The molecule has 0 saturated carbocycles. The van der Waals surface area contributed by atoms with Crippen LogP contribution >= 0.6 is 0 Å². The Morgan fingerprint density at radius 1 is 1.35 bits per heavy atom. The molecule has 1 amide bonds. The van der Waals surface area contributed by atoms with Gasteiger partial charge in [-0.2, -0.15) is 0 Å². The van der Waals surface area contributed by atoms with Crippen LogP contribution in [0.2, 0.25) is 0 Å². The van der Waals surface area contributed by atoms with E-state index in [-0.39, 0.29) is 18.2 Å². The number of rotatable bonds is 4. The first-order valence-corrected chi connectivity index (χ1v) is 5.88. The van der Waals surface area contributed by atoms with Gasteiger partial charge in [-0.3, -0.25) is 4.79 Å². The molecular formula is C13H17F3N2O2. The number of nitrogens with two attached hydrogens (primary N) is 1. The molecule has 0 heterocycles. The molecule has 0 saturated heterocycles.